The highest BCUT2D eigenvalue weighted by Crippen LogP contribution is 2.46. The second-order valence-corrected chi connectivity index (χ2v) is 9.49. The van der Waals surface area contributed by atoms with Gasteiger partial charge >= 0.3 is 13.7 Å². The summed E-state index contributed by atoms with van der Waals surface area (Å²) in [6, 6.07) is 7.90. The van der Waals surface area contributed by atoms with Gasteiger partial charge in [0.2, 0.25) is 0 Å². The minimum absolute atomic E-state index is 0.0141. The quantitative estimate of drug-likeness (QED) is 0.486. The Hall–Kier alpha value is -1.36. The summed E-state index contributed by atoms with van der Waals surface area (Å²) in [6.07, 6.45) is -0.261. The molecule has 0 aromatic heterocycles. The molecule has 0 bridgehead atoms. The first kappa shape index (κ1) is 22.7. The third-order valence-electron chi connectivity index (χ3n) is 4.00. The number of nitrogens with one attached hydrogen (secondary N) is 1. The molecule has 26 heavy (non-hydrogen) atoms. The van der Waals surface area contributed by atoms with Crippen LogP contribution in [0, 0.1) is 11.3 Å². The fraction of sp³-hybridized carbons (Fsp3) is 0.632. The van der Waals surface area contributed by atoms with Crippen LogP contribution in [-0.4, -0.2) is 24.7 Å². The van der Waals surface area contributed by atoms with E-state index >= 15 is 0 Å². The van der Waals surface area contributed by atoms with Gasteiger partial charge in [0, 0.05) is 0 Å². The third-order valence-corrected chi connectivity index (χ3v) is 5.64. The molecule has 1 N–H and O–H groups in total. The van der Waals surface area contributed by atoms with Crippen LogP contribution in [0.1, 0.15) is 48.5 Å². The van der Waals surface area contributed by atoms with Crippen molar-refractivity contribution in [3.63, 3.8) is 0 Å². The fourth-order valence-corrected chi connectivity index (χ4v) is 3.37. The van der Waals surface area contributed by atoms with Crippen molar-refractivity contribution >= 4 is 13.7 Å². The Kier molecular flexibility index (Phi) is 8.32. The summed E-state index contributed by atoms with van der Waals surface area (Å²) < 4.78 is 29.7. The van der Waals surface area contributed by atoms with Crippen molar-refractivity contribution in [1.82, 2.24) is 5.09 Å². The maximum absolute atomic E-state index is 13.3. The molecule has 0 radical (unpaired) electrons. The number of carbonyl (C=O) groups excluding carboxylic acids is 1. The Bertz CT molecular complexity index is 612. The average Bonchev–Trinajstić information content (AvgIpc) is 2.51. The zero-order chi connectivity index (χ0) is 20.0. The molecular formula is C19H32NO5P. The van der Waals surface area contributed by atoms with E-state index in [0.717, 1.165) is 0 Å². The van der Waals surface area contributed by atoms with E-state index in [4.69, 9.17) is 13.8 Å². The third kappa shape index (κ3) is 7.90. The van der Waals surface area contributed by atoms with E-state index in [2.05, 4.69) is 25.9 Å². The van der Waals surface area contributed by atoms with Crippen molar-refractivity contribution in [3.8, 4) is 5.75 Å². The molecule has 7 heteroatoms. The number of hydrogen-bond donors (Lipinski definition) is 1. The Balaban J connectivity index is 2.90. The van der Waals surface area contributed by atoms with Gasteiger partial charge in [-0.25, -0.2) is 4.57 Å². The number of para-hydroxylation sites is 1. The molecule has 1 rings (SSSR count). The van der Waals surface area contributed by atoms with Crippen LogP contribution >= 0.6 is 7.75 Å². The fourth-order valence-electron chi connectivity index (χ4n) is 1.79. The van der Waals surface area contributed by atoms with Crippen molar-refractivity contribution < 1.29 is 23.1 Å². The van der Waals surface area contributed by atoms with Crippen LogP contribution in [0.5, 0.6) is 5.75 Å². The molecular weight excluding hydrogens is 353 g/mol. The number of carbonyl (C=O) groups is 1. The van der Waals surface area contributed by atoms with E-state index < -0.39 is 19.8 Å². The Morgan fingerprint density at radius 1 is 1.12 bits per heavy atom. The molecule has 0 aliphatic heterocycles. The number of ether oxygens (including phenoxy) is 1. The molecule has 0 fully saturated rings. The minimum atomic E-state index is -3.77. The van der Waals surface area contributed by atoms with Gasteiger partial charge in [-0.3, -0.25) is 9.32 Å². The van der Waals surface area contributed by atoms with E-state index in [1.165, 1.54) is 0 Å². The topological polar surface area (TPSA) is 73.9 Å². The zero-order valence-corrected chi connectivity index (χ0v) is 17.7. The van der Waals surface area contributed by atoms with E-state index in [1.54, 1.807) is 45.0 Å². The molecule has 0 unspecified atom stereocenters. The molecule has 3 atom stereocenters. The van der Waals surface area contributed by atoms with Gasteiger partial charge in [0.25, 0.3) is 0 Å². The van der Waals surface area contributed by atoms with Gasteiger partial charge in [0.15, 0.2) is 0 Å². The molecule has 0 saturated heterocycles. The Morgan fingerprint density at radius 3 is 2.19 bits per heavy atom. The predicted octanol–water partition coefficient (Wildman–Crippen LogP) is 4.80. The van der Waals surface area contributed by atoms with Crippen LogP contribution in [-0.2, 0) is 18.6 Å². The molecule has 1 aromatic carbocycles. The van der Waals surface area contributed by atoms with Gasteiger partial charge in [-0.2, -0.15) is 5.09 Å². The molecule has 0 aliphatic carbocycles. The summed E-state index contributed by atoms with van der Waals surface area (Å²) in [4.78, 5) is 12.1. The average molecular weight is 385 g/mol. The van der Waals surface area contributed by atoms with Gasteiger partial charge < -0.3 is 9.26 Å². The monoisotopic (exact) mass is 385 g/mol. The van der Waals surface area contributed by atoms with Gasteiger partial charge in [-0.05, 0) is 44.2 Å². The summed E-state index contributed by atoms with van der Waals surface area (Å²) >= 11 is 0. The van der Waals surface area contributed by atoms with E-state index in [0.29, 0.717) is 5.75 Å². The van der Waals surface area contributed by atoms with Crippen LogP contribution < -0.4 is 9.61 Å². The van der Waals surface area contributed by atoms with E-state index in [9.17, 15) is 9.36 Å². The highest BCUT2D eigenvalue weighted by Gasteiger charge is 2.34. The van der Waals surface area contributed by atoms with Crippen LogP contribution in [0.3, 0.4) is 0 Å². The van der Waals surface area contributed by atoms with Gasteiger partial charge in [-0.1, -0.05) is 45.9 Å². The normalized spacial score (nSPS) is 16.6. The standard InChI is InChI=1S/C19H32NO5P/c1-14(2)24-18(21)16(4)20-26(22,23-13-15(3)19(5,6)7)25-17-11-9-8-10-12-17/h8-12,14-16H,13H2,1-7H3,(H,20,22)/t15-,16+,26+/m1/s1. The summed E-state index contributed by atoms with van der Waals surface area (Å²) in [5.41, 5.74) is -0.0141. The molecule has 6 nitrogen and oxygen atoms in total. The lowest BCUT2D eigenvalue weighted by Crippen LogP contribution is -2.36. The summed E-state index contributed by atoms with van der Waals surface area (Å²) in [5.74, 6) is 0.0236. The smallest absolute Gasteiger partial charge is 0.459 e. The number of benzene rings is 1. The Labute approximate surface area is 157 Å². The second kappa shape index (κ2) is 9.54. The van der Waals surface area contributed by atoms with Crippen molar-refractivity contribution in [1.29, 1.82) is 0 Å². The van der Waals surface area contributed by atoms with Gasteiger partial charge in [-0.15, -0.1) is 0 Å². The number of hydrogen-bond acceptors (Lipinski definition) is 5. The molecule has 0 spiro atoms. The maximum atomic E-state index is 13.3. The molecule has 0 saturated carbocycles. The van der Waals surface area contributed by atoms with Crippen LogP contribution in [0.4, 0.5) is 0 Å². The van der Waals surface area contributed by atoms with E-state index in [1.807, 2.05) is 13.0 Å². The zero-order valence-electron chi connectivity index (χ0n) is 16.8. The highest BCUT2D eigenvalue weighted by molar-refractivity contribution is 7.52. The lowest BCUT2D eigenvalue weighted by atomic mass is 9.83. The Morgan fingerprint density at radius 2 is 1.69 bits per heavy atom. The largest absolute Gasteiger partial charge is 0.462 e. The summed E-state index contributed by atoms with van der Waals surface area (Å²) in [5, 5.41) is 2.69. The van der Waals surface area contributed by atoms with Crippen LogP contribution in [0.2, 0.25) is 0 Å². The second-order valence-electron chi connectivity index (χ2n) is 7.80. The summed E-state index contributed by atoms with van der Waals surface area (Å²) in [7, 11) is -3.77. The lowest BCUT2D eigenvalue weighted by Gasteiger charge is -2.29. The predicted molar refractivity (Wildman–Crippen MR) is 103 cm³/mol. The molecule has 0 amide bonds. The first-order valence-electron chi connectivity index (χ1n) is 8.90. The summed E-state index contributed by atoms with van der Waals surface area (Å²) in [6.45, 7) is 13.6. The molecule has 0 aliphatic rings. The maximum Gasteiger partial charge on any atom is 0.459 e. The first-order chi connectivity index (χ1) is 11.9. The molecule has 148 valence electrons. The van der Waals surface area contributed by atoms with Crippen LogP contribution in [0.25, 0.3) is 0 Å². The van der Waals surface area contributed by atoms with Crippen molar-refractivity contribution in [2.45, 2.75) is 60.6 Å². The van der Waals surface area contributed by atoms with Crippen LogP contribution in [0.15, 0.2) is 30.3 Å². The highest BCUT2D eigenvalue weighted by atomic mass is 31.2. The van der Waals surface area contributed by atoms with Crippen molar-refractivity contribution in [3.05, 3.63) is 30.3 Å². The number of rotatable bonds is 9. The lowest BCUT2D eigenvalue weighted by molar-refractivity contribution is -0.149. The molecule has 0 heterocycles. The molecule has 1 aromatic rings. The number of esters is 1. The van der Waals surface area contributed by atoms with Crippen molar-refractivity contribution in [2.24, 2.45) is 11.3 Å². The van der Waals surface area contributed by atoms with E-state index in [-0.39, 0.29) is 24.0 Å². The first-order valence-corrected chi connectivity index (χ1v) is 10.4. The van der Waals surface area contributed by atoms with Crippen molar-refractivity contribution in [2.75, 3.05) is 6.61 Å². The SMILES string of the molecule is CC(C)OC(=O)[C@H](C)N[P@](=O)(OC[C@@H](C)C(C)(C)C)Oc1ccccc1. The minimum Gasteiger partial charge on any atom is -0.462 e. The van der Waals surface area contributed by atoms with Gasteiger partial charge in [0.05, 0.1) is 12.7 Å². The van der Waals surface area contributed by atoms with Gasteiger partial charge in [0.1, 0.15) is 11.8 Å².